The number of esters is 1. The molecule has 8 heteroatoms. The molecule has 1 aliphatic heterocycles. The standard InChI is InChI=1S/C30H30F2N2O4/c1-2-38-30(37)23-14-15-33-27(18-23)28(35)17-20-6-12-26(13-7-20)34(19-21-4-3-5-25(32)16-21)29(36)22-8-10-24(31)11-9-22/h3-13,16,23,27,33H,2,14-15,17-19H2,1H3. The summed E-state index contributed by atoms with van der Waals surface area (Å²) in [7, 11) is 0. The molecule has 0 aliphatic carbocycles. The van der Waals surface area contributed by atoms with Crippen LogP contribution in [-0.2, 0) is 27.3 Å². The van der Waals surface area contributed by atoms with Crippen LogP contribution in [0.4, 0.5) is 14.5 Å². The SMILES string of the molecule is CCOC(=O)C1CCNC(C(=O)Cc2ccc(N(Cc3cccc(F)c3)C(=O)c3ccc(F)cc3)cc2)C1. The Kier molecular flexibility index (Phi) is 8.97. The highest BCUT2D eigenvalue weighted by molar-refractivity contribution is 6.06. The molecule has 3 aromatic carbocycles. The number of hydrogen-bond donors (Lipinski definition) is 1. The molecule has 1 N–H and O–H groups in total. The van der Waals surface area contributed by atoms with Gasteiger partial charge in [0, 0.05) is 17.7 Å². The quantitative estimate of drug-likeness (QED) is 0.408. The van der Waals surface area contributed by atoms with Crippen molar-refractivity contribution in [2.45, 2.75) is 38.8 Å². The van der Waals surface area contributed by atoms with Crippen molar-refractivity contribution in [1.29, 1.82) is 0 Å². The molecule has 0 spiro atoms. The Bertz CT molecular complexity index is 1280. The van der Waals surface area contributed by atoms with E-state index in [2.05, 4.69) is 5.32 Å². The first-order valence-electron chi connectivity index (χ1n) is 12.7. The van der Waals surface area contributed by atoms with Gasteiger partial charge in [-0.05, 0) is 86.0 Å². The van der Waals surface area contributed by atoms with Crippen molar-refractivity contribution in [3.63, 3.8) is 0 Å². The highest BCUT2D eigenvalue weighted by Gasteiger charge is 2.31. The molecule has 1 fully saturated rings. The van der Waals surface area contributed by atoms with Gasteiger partial charge in [0.25, 0.3) is 5.91 Å². The molecule has 0 saturated carbocycles. The summed E-state index contributed by atoms with van der Waals surface area (Å²) in [5, 5.41) is 3.20. The predicted octanol–water partition coefficient (Wildman–Crippen LogP) is 4.85. The van der Waals surface area contributed by atoms with E-state index in [1.165, 1.54) is 41.3 Å². The van der Waals surface area contributed by atoms with Gasteiger partial charge < -0.3 is 15.0 Å². The van der Waals surface area contributed by atoms with E-state index in [9.17, 15) is 23.2 Å². The van der Waals surface area contributed by atoms with Crippen molar-refractivity contribution in [3.8, 4) is 0 Å². The van der Waals surface area contributed by atoms with E-state index in [0.29, 0.717) is 42.8 Å². The third-order valence-corrected chi connectivity index (χ3v) is 6.60. The third kappa shape index (κ3) is 6.89. The number of amides is 1. The molecule has 2 atom stereocenters. The molecule has 0 bridgehead atoms. The summed E-state index contributed by atoms with van der Waals surface area (Å²) >= 11 is 0. The highest BCUT2D eigenvalue weighted by atomic mass is 19.1. The van der Waals surface area contributed by atoms with E-state index in [4.69, 9.17) is 4.74 Å². The van der Waals surface area contributed by atoms with Gasteiger partial charge in [0.2, 0.25) is 0 Å². The first-order chi connectivity index (χ1) is 18.3. The van der Waals surface area contributed by atoms with Crippen LogP contribution in [0.2, 0.25) is 0 Å². The minimum absolute atomic E-state index is 0.0225. The largest absolute Gasteiger partial charge is 0.466 e. The van der Waals surface area contributed by atoms with Crippen molar-refractivity contribution in [2.24, 2.45) is 5.92 Å². The van der Waals surface area contributed by atoms with E-state index in [-0.39, 0.29) is 36.5 Å². The van der Waals surface area contributed by atoms with Gasteiger partial charge in [-0.1, -0.05) is 24.3 Å². The number of carbonyl (C=O) groups is 3. The Hall–Kier alpha value is -3.91. The average Bonchev–Trinajstić information content (AvgIpc) is 2.92. The van der Waals surface area contributed by atoms with E-state index in [0.717, 1.165) is 5.56 Å². The predicted molar refractivity (Wildman–Crippen MR) is 140 cm³/mol. The summed E-state index contributed by atoms with van der Waals surface area (Å²) in [5.41, 5.74) is 2.21. The van der Waals surface area contributed by atoms with Gasteiger partial charge in [0.15, 0.2) is 5.78 Å². The van der Waals surface area contributed by atoms with Crippen LogP contribution < -0.4 is 10.2 Å². The fourth-order valence-electron chi connectivity index (χ4n) is 4.60. The molecular weight excluding hydrogens is 490 g/mol. The average molecular weight is 521 g/mol. The molecule has 3 aromatic rings. The summed E-state index contributed by atoms with van der Waals surface area (Å²) in [5.74, 6) is -1.80. The number of rotatable bonds is 9. The molecule has 0 aromatic heterocycles. The van der Waals surface area contributed by atoms with E-state index in [1.807, 2.05) is 0 Å². The number of halogens is 2. The maximum atomic E-state index is 13.8. The number of carbonyl (C=O) groups excluding carboxylic acids is 3. The Morgan fingerprint density at radius 3 is 2.37 bits per heavy atom. The molecule has 1 heterocycles. The van der Waals surface area contributed by atoms with Crippen LogP contribution in [0.15, 0.2) is 72.8 Å². The van der Waals surface area contributed by atoms with Gasteiger partial charge in [0.05, 0.1) is 25.1 Å². The number of anilines is 1. The molecule has 6 nitrogen and oxygen atoms in total. The molecule has 0 radical (unpaired) electrons. The van der Waals surface area contributed by atoms with Crippen molar-refractivity contribution < 1.29 is 27.9 Å². The van der Waals surface area contributed by atoms with Gasteiger partial charge in [0.1, 0.15) is 11.6 Å². The number of nitrogens with one attached hydrogen (secondary N) is 1. The van der Waals surface area contributed by atoms with Crippen LogP contribution >= 0.6 is 0 Å². The summed E-state index contributed by atoms with van der Waals surface area (Å²) < 4.78 is 32.4. The van der Waals surface area contributed by atoms with Gasteiger partial charge in [-0.25, -0.2) is 8.78 Å². The maximum Gasteiger partial charge on any atom is 0.309 e. The summed E-state index contributed by atoms with van der Waals surface area (Å²) in [4.78, 5) is 39.9. The van der Waals surface area contributed by atoms with Crippen molar-refractivity contribution in [2.75, 3.05) is 18.1 Å². The van der Waals surface area contributed by atoms with E-state index >= 15 is 0 Å². The Balaban J connectivity index is 1.49. The fourth-order valence-corrected chi connectivity index (χ4v) is 4.60. The van der Waals surface area contributed by atoms with Crippen LogP contribution in [0.1, 0.15) is 41.3 Å². The van der Waals surface area contributed by atoms with Crippen LogP contribution in [0.25, 0.3) is 0 Å². The van der Waals surface area contributed by atoms with E-state index in [1.54, 1.807) is 43.3 Å². The molecule has 1 amide bonds. The highest BCUT2D eigenvalue weighted by Crippen LogP contribution is 2.24. The van der Waals surface area contributed by atoms with Gasteiger partial charge in [-0.2, -0.15) is 0 Å². The molecule has 38 heavy (non-hydrogen) atoms. The van der Waals surface area contributed by atoms with Crippen LogP contribution in [-0.4, -0.2) is 36.9 Å². The van der Waals surface area contributed by atoms with Crippen molar-refractivity contribution in [1.82, 2.24) is 5.32 Å². The van der Waals surface area contributed by atoms with Gasteiger partial charge in [-0.15, -0.1) is 0 Å². The van der Waals surface area contributed by atoms with Crippen LogP contribution in [0, 0.1) is 17.6 Å². The number of Topliss-reactive ketones (excluding diaryl/α,β-unsaturated/α-hetero) is 1. The number of piperidine rings is 1. The molecule has 2 unspecified atom stereocenters. The second-order valence-electron chi connectivity index (χ2n) is 9.32. The Morgan fingerprint density at radius 1 is 0.947 bits per heavy atom. The molecular formula is C30H30F2N2O4. The second kappa shape index (κ2) is 12.6. The van der Waals surface area contributed by atoms with Crippen LogP contribution in [0.5, 0.6) is 0 Å². The number of benzene rings is 3. The lowest BCUT2D eigenvalue weighted by atomic mass is 9.88. The molecule has 1 saturated heterocycles. The Labute approximate surface area is 220 Å². The van der Waals surface area contributed by atoms with Crippen molar-refractivity contribution in [3.05, 3.63) is 101 Å². The maximum absolute atomic E-state index is 13.8. The summed E-state index contributed by atoms with van der Waals surface area (Å²) in [6.45, 7) is 2.75. The van der Waals surface area contributed by atoms with Crippen LogP contribution in [0.3, 0.4) is 0 Å². The third-order valence-electron chi connectivity index (χ3n) is 6.60. The fraction of sp³-hybridized carbons (Fsp3) is 0.300. The van der Waals surface area contributed by atoms with Gasteiger partial charge in [-0.3, -0.25) is 14.4 Å². The second-order valence-corrected chi connectivity index (χ2v) is 9.32. The summed E-state index contributed by atoms with van der Waals surface area (Å²) in [6.07, 6.45) is 1.22. The molecule has 198 valence electrons. The van der Waals surface area contributed by atoms with Gasteiger partial charge >= 0.3 is 5.97 Å². The molecule has 1 aliphatic rings. The zero-order valence-electron chi connectivity index (χ0n) is 21.2. The lowest BCUT2D eigenvalue weighted by molar-refractivity contribution is -0.149. The normalized spacial score (nSPS) is 17.0. The molecule has 4 rings (SSSR count). The number of ketones is 1. The van der Waals surface area contributed by atoms with E-state index < -0.39 is 17.7 Å². The number of nitrogens with zero attached hydrogens (tertiary/aromatic N) is 1. The minimum atomic E-state index is -0.451. The zero-order chi connectivity index (χ0) is 27.1. The van der Waals surface area contributed by atoms with Crippen molar-refractivity contribution >= 4 is 23.3 Å². The number of ether oxygens (including phenoxy) is 1. The lowest BCUT2D eigenvalue weighted by Crippen LogP contribution is -2.46. The topological polar surface area (TPSA) is 75.7 Å². The monoisotopic (exact) mass is 520 g/mol. The lowest BCUT2D eigenvalue weighted by Gasteiger charge is -2.28. The summed E-state index contributed by atoms with van der Waals surface area (Å²) in [6, 6.07) is 17.8. The Morgan fingerprint density at radius 2 is 1.68 bits per heavy atom. The first kappa shape index (κ1) is 27.1. The smallest absolute Gasteiger partial charge is 0.309 e. The zero-order valence-corrected chi connectivity index (χ0v) is 21.2. The number of hydrogen-bond acceptors (Lipinski definition) is 5. The first-order valence-corrected chi connectivity index (χ1v) is 12.7. The minimum Gasteiger partial charge on any atom is -0.466 e.